The fraction of sp³-hybridized carbons (Fsp3) is 0.118. The highest BCUT2D eigenvalue weighted by Crippen LogP contribution is 2.22. The maximum Gasteiger partial charge on any atom is 0.271 e. The van der Waals surface area contributed by atoms with Crippen molar-refractivity contribution < 1.29 is 9.59 Å². The van der Waals surface area contributed by atoms with Gasteiger partial charge in [0.15, 0.2) is 0 Å². The van der Waals surface area contributed by atoms with Crippen LogP contribution in [-0.4, -0.2) is 28.7 Å². The van der Waals surface area contributed by atoms with Crippen molar-refractivity contribution in [3.05, 3.63) is 60.4 Å². The number of aromatic nitrogens is 1. The number of carbonyl (C=O) groups excluding carboxylic acids is 2. The molecule has 24 heavy (non-hydrogen) atoms. The maximum atomic E-state index is 12.5. The molecule has 0 saturated carbocycles. The Bertz CT molecular complexity index is 802. The number of nitrogens with one attached hydrogen (secondary N) is 1. The Labute approximate surface area is 138 Å². The van der Waals surface area contributed by atoms with E-state index in [2.05, 4.69) is 20.6 Å². The predicted octanol–water partition coefficient (Wildman–Crippen LogP) is 1.84. The average Bonchev–Trinajstić information content (AvgIpc) is 2.91. The second-order valence-corrected chi connectivity index (χ2v) is 5.16. The first-order valence-electron chi connectivity index (χ1n) is 7.34. The normalized spacial score (nSPS) is 17.2. The summed E-state index contributed by atoms with van der Waals surface area (Å²) in [7, 11) is 0. The van der Waals surface area contributed by atoms with E-state index in [1.54, 1.807) is 31.2 Å². The molecule has 0 fully saturated rings. The van der Waals surface area contributed by atoms with E-state index in [-0.39, 0.29) is 11.8 Å². The zero-order valence-electron chi connectivity index (χ0n) is 13.0. The number of anilines is 1. The molecule has 0 bridgehead atoms. The molecule has 1 aromatic carbocycles. The summed E-state index contributed by atoms with van der Waals surface area (Å²) in [6.45, 7) is 1.75. The molecule has 3 rings (SSSR count). The quantitative estimate of drug-likeness (QED) is 0.688. The molecule has 1 aromatic heterocycles. The number of hydrogen-bond donors (Lipinski definition) is 1. The minimum absolute atomic E-state index is 0.208. The van der Waals surface area contributed by atoms with Gasteiger partial charge in [0.1, 0.15) is 5.92 Å². The molecule has 2 amide bonds. The van der Waals surface area contributed by atoms with E-state index in [0.29, 0.717) is 17.0 Å². The zero-order chi connectivity index (χ0) is 16.9. The number of amides is 2. The van der Waals surface area contributed by atoms with Crippen molar-refractivity contribution >= 4 is 29.4 Å². The first-order valence-corrected chi connectivity index (χ1v) is 7.34. The molecule has 2 heterocycles. The second kappa shape index (κ2) is 6.82. The van der Waals surface area contributed by atoms with E-state index in [0.717, 1.165) is 0 Å². The minimum Gasteiger partial charge on any atom is -0.271 e. The molecule has 1 aliphatic rings. The van der Waals surface area contributed by atoms with E-state index >= 15 is 0 Å². The highest BCUT2D eigenvalue weighted by atomic mass is 16.2. The highest BCUT2D eigenvalue weighted by Gasteiger charge is 2.33. The lowest BCUT2D eigenvalue weighted by Crippen LogP contribution is -2.29. The van der Waals surface area contributed by atoms with Crippen LogP contribution in [0.25, 0.3) is 0 Å². The maximum absolute atomic E-state index is 12.5. The van der Waals surface area contributed by atoms with Gasteiger partial charge in [0.2, 0.25) is 0 Å². The van der Waals surface area contributed by atoms with E-state index in [4.69, 9.17) is 0 Å². The largest absolute Gasteiger partial charge is 0.271 e. The summed E-state index contributed by atoms with van der Waals surface area (Å²) < 4.78 is 0. The van der Waals surface area contributed by atoms with Crippen LogP contribution in [0.1, 0.15) is 17.3 Å². The molecule has 1 unspecified atom stereocenters. The van der Waals surface area contributed by atoms with Crippen LogP contribution in [-0.2, 0) is 4.79 Å². The molecule has 0 spiro atoms. The van der Waals surface area contributed by atoms with Crippen molar-refractivity contribution in [1.29, 1.82) is 0 Å². The van der Waals surface area contributed by atoms with E-state index in [9.17, 15) is 9.59 Å². The van der Waals surface area contributed by atoms with E-state index in [1.165, 1.54) is 23.6 Å². The van der Waals surface area contributed by atoms with E-state index < -0.39 is 5.92 Å². The Kier molecular flexibility index (Phi) is 4.42. The second-order valence-electron chi connectivity index (χ2n) is 5.16. The molecule has 0 radical (unpaired) electrons. The smallest absolute Gasteiger partial charge is 0.271 e. The van der Waals surface area contributed by atoms with Gasteiger partial charge in [-0.05, 0) is 31.2 Å². The molecule has 1 N–H and O–H groups in total. The molecular formula is C17H15N5O2. The number of para-hydroxylation sites is 1. The Morgan fingerprint density at radius 3 is 2.62 bits per heavy atom. The van der Waals surface area contributed by atoms with Gasteiger partial charge in [-0.25, -0.2) is 5.43 Å². The first kappa shape index (κ1) is 15.5. The summed E-state index contributed by atoms with van der Waals surface area (Å²) in [6, 6.07) is 12.3. The van der Waals surface area contributed by atoms with Crippen LogP contribution in [0.4, 0.5) is 5.69 Å². The lowest BCUT2D eigenvalue weighted by atomic mass is 10.1. The molecule has 1 aliphatic heterocycles. The summed E-state index contributed by atoms with van der Waals surface area (Å²) >= 11 is 0. The van der Waals surface area contributed by atoms with Crippen LogP contribution in [0.3, 0.4) is 0 Å². The number of carbonyl (C=O) groups is 2. The predicted molar refractivity (Wildman–Crippen MR) is 90.7 cm³/mol. The van der Waals surface area contributed by atoms with Gasteiger partial charge >= 0.3 is 0 Å². The van der Waals surface area contributed by atoms with Crippen LogP contribution >= 0.6 is 0 Å². The zero-order valence-corrected chi connectivity index (χ0v) is 13.0. The van der Waals surface area contributed by atoms with Crippen LogP contribution in [0.2, 0.25) is 0 Å². The number of nitrogens with zero attached hydrogens (tertiary/aromatic N) is 4. The molecule has 7 heteroatoms. The van der Waals surface area contributed by atoms with Crippen LogP contribution in [0.5, 0.6) is 0 Å². The molecule has 2 aromatic rings. The molecule has 0 aliphatic carbocycles. The Morgan fingerprint density at radius 1 is 1.21 bits per heavy atom. The highest BCUT2D eigenvalue weighted by molar-refractivity contribution is 6.23. The topological polar surface area (TPSA) is 87.0 Å². The number of rotatable bonds is 4. The molecule has 1 atom stereocenters. The minimum atomic E-state index is -0.594. The monoisotopic (exact) mass is 321 g/mol. The third-order valence-electron chi connectivity index (χ3n) is 3.52. The number of hydrogen-bond acceptors (Lipinski definition) is 5. The van der Waals surface area contributed by atoms with Crippen molar-refractivity contribution in [2.24, 2.45) is 16.1 Å². The standard InChI is InChI=1S/C17H15N5O2/c1-12-15(11-19-20-16(23)13-7-9-18-10-8-13)17(24)22(21-12)14-5-3-2-4-6-14/h2-11,15H,1H3,(H,20,23). The molecule has 120 valence electrons. The van der Waals surface area contributed by atoms with Crippen LogP contribution in [0.15, 0.2) is 65.1 Å². The van der Waals surface area contributed by atoms with E-state index in [1.807, 2.05) is 18.2 Å². The summed E-state index contributed by atoms with van der Waals surface area (Å²) in [6.07, 6.45) is 4.44. The SMILES string of the molecule is CC1=NN(c2ccccc2)C(=O)C1C=NNC(=O)c1ccncc1. The fourth-order valence-corrected chi connectivity index (χ4v) is 2.24. The lowest BCUT2D eigenvalue weighted by Gasteiger charge is -2.12. The Morgan fingerprint density at radius 2 is 1.92 bits per heavy atom. The number of pyridine rings is 1. The third-order valence-corrected chi connectivity index (χ3v) is 3.52. The average molecular weight is 321 g/mol. The first-order chi connectivity index (χ1) is 11.7. The summed E-state index contributed by atoms with van der Waals surface area (Å²) in [5.41, 5.74) is 4.15. The van der Waals surface area contributed by atoms with Gasteiger partial charge < -0.3 is 0 Å². The van der Waals surface area contributed by atoms with Gasteiger partial charge in [-0.15, -0.1) is 0 Å². The van der Waals surface area contributed by atoms with Crippen molar-refractivity contribution in [1.82, 2.24) is 10.4 Å². The van der Waals surface area contributed by atoms with Crippen LogP contribution in [0, 0.1) is 5.92 Å². The van der Waals surface area contributed by atoms with Gasteiger partial charge in [-0.1, -0.05) is 18.2 Å². The summed E-state index contributed by atoms with van der Waals surface area (Å²) in [5, 5.41) is 9.49. The third kappa shape index (κ3) is 3.19. The molecule has 7 nitrogen and oxygen atoms in total. The molecular weight excluding hydrogens is 306 g/mol. The molecule has 0 saturated heterocycles. The Hall–Kier alpha value is -3.35. The van der Waals surface area contributed by atoms with Crippen molar-refractivity contribution in [2.75, 3.05) is 5.01 Å². The number of hydrazone groups is 2. The summed E-state index contributed by atoms with van der Waals surface area (Å²) in [5.74, 6) is -1.17. The summed E-state index contributed by atoms with van der Waals surface area (Å²) in [4.78, 5) is 28.2. The van der Waals surface area contributed by atoms with Crippen LogP contribution < -0.4 is 10.4 Å². The lowest BCUT2D eigenvalue weighted by molar-refractivity contribution is -0.118. The van der Waals surface area contributed by atoms with Gasteiger partial charge in [0.25, 0.3) is 11.8 Å². The Balaban J connectivity index is 1.67. The fourth-order valence-electron chi connectivity index (χ4n) is 2.24. The number of benzene rings is 1. The van der Waals surface area contributed by atoms with Crippen molar-refractivity contribution in [2.45, 2.75) is 6.92 Å². The van der Waals surface area contributed by atoms with Gasteiger partial charge in [0.05, 0.1) is 11.4 Å². The van der Waals surface area contributed by atoms with Crippen molar-refractivity contribution in [3.63, 3.8) is 0 Å². The van der Waals surface area contributed by atoms with Gasteiger partial charge in [0, 0.05) is 24.2 Å². The van der Waals surface area contributed by atoms with Gasteiger partial charge in [-0.2, -0.15) is 15.2 Å². The van der Waals surface area contributed by atoms with Crippen molar-refractivity contribution in [3.8, 4) is 0 Å². The van der Waals surface area contributed by atoms with Gasteiger partial charge in [-0.3, -0.25) is 14.6 Å².